The van der Waals surface area contributed by atoms with Crippen LogP contribution < -0.4 is 10.4 Å². The molecule has 1 heteroatoms. The van der Waals surface area contributed by atoms with Gasteiger partial charge in [0.25, 0.3) is 0 Å². The van der Waals surface area contributed by atoms with Gasteiger partial charge in [-0.25, -0.2) is 0 Å². The summed E-state index contributed by atoms with van der Waals surface area (Å²) in [5, 5.41) is 3.34. The zero-order valence-corrected chi connectivity index (χ0v) is 19.2. The first kappa shape index (κ1) is 19.3. The van der Waals surface area contributed by atoms with Crippen molar-refractivity contribution >= 4 is 18.4 Å². The molecule has 6 unspecified atom stereocenters. The number of hydrogen-bond acceptors (Lipinski definition) is 0. The standard InChI is InChI=1S/C30H32Si/c1-3-13-25(14-4-1)31(26-15-5-2-6-16-26,29-21-19-23-11-7-9-17-27(23)29)30-22-20-24-12-8-10-18-28(24)30/h1-18,23-24,27-30H,19-22H2. The molecule has 0 N–H and O–H groups in total. The maximum atomic E-state index is 2.57. The number of allylic oxidation sites excluding steroid dienone is 8. The Bertz CT molecular complexity index is 943. The zero-order valence-electron chi connectivity index (χ0n) is 18.2. The van der Waals surface area contributed by atoms with Crippen LogP contribution in [-0.2, 0) is 0 Å². The Morgan fingerprint density at radius 2 is 0.903 bits per heavy atom. The average Bonchev–Trinajstić information content (AvgIpc) is 3.47. The van der Waals surface area contributed by atoms with Gasteiger partial charge < -0.3 is 0 Å². The van der Waals surface area contributed by atoms with E-state index in [9.17, 15) is 0 Å². The lowest BCUT2D eigenvalue weighted by atomic mass is 9.91. The maximum absolute atomic E-state index is 2.57. The molecule has 0 amide bonds. The van der Waals surface area contributed by atoms with Crippen LogP contribution in [0.1, 0.15) is 25.7 Å². The van der Waals surface area contributed by atoms with Crippen LogP contribution in [0.15, 0.2) is 109 Å². The largest absolute Gasteiger partial charge is 0.125 e. The van der Waals surface area contributed by atoms with Crippen LogP contribution in [0, 0.1) is 23.7 Å². The first-order chi connectivity index (χ1) is 15.4. The molecule has 0 nitrogen and oxygen atoms in total. The van der Waals surface area contributed by atoms with Crippen LogP contribution >= 0.6 is 0 Å². The van der Waals surface area contributed by atoms with Crippen molar-refractivity contribution in [3.05, 3.63) is 109 Å². The third kappa shape index (κ3) is 3.01. The Morgan fingerprint density at radius 3 is 1.35 bits per heavy atom. The molecule has 2 aromatic rings. The van der Waals surface area contributed by atoms with E-state index in [2.05, 4.69) is 109 Å². The van der Waals surface area contributed by atoms with E-state index < -0.39 is 8.07 Å². The van der Waals surface area contributed by atoms with Gasteiger partial charge in [-0.2, -0.15) is 0 Å². The lowest BCUT2D eigenvalue weighted by Gasteiger charge is -2.48. The summed E-state index contributed by atoms with van der Waals surface area (Å²) in [5.74, 6) is 2.85. The van der Waals surface area contributed by atoms with Crippen LogP contribution in [0.25, 0.3) is 0 Å². The van der Waals surface area contributed by atoms with E-state index in [4.69, 9.17) is 0 Å². The Morgan fingerprint density at radius 1 is 0.484 bits per heavy atom. The second kappa shape index (κ2) is 7.95. The lowest BCUT2D eigenvalue weighted by molar-refractivity contribution is 0.522. The van der Waals surface area contributed by atoms with Crippen LogP contribution in [0.3, 0.4) is 0 Å². The topological polar surface area (TPSA) is 0 Å². The maximum Gasteiger partial charge on any atom is 0.125 e. The molecule has 6 atom stereocenters. The normalized spacial score (nSPS) is 33.4. The number of hydrogen-bond donors (Lipinski definition) is 0. The summed E-state index contributed by atoms with van der Waals surface area (Å²) in [7, 11) is -2.07. The fourth-order valence-electron chi connectivity index (χ4n) is 7.70. The van der Waals surface area contributed by atoms with Crippen molar-refractivity contribution < 1.29 is 0 Å². The highest BCUT2D eigenvalue weighted by Gasteiger charge is 2.58. The van der Waals surface area contributed by atoms with Gasteiger partial charge in [0.2, 0.25) is 0 Å². The molecule has 0 spiro atoms. The molecule has 4 aliphatic carbocycles. The van der Waals surface area contributed by atoms with Crippen molar-refractivity contribution in [3.63, 3.8) is 0 Å². The summed E-state index contributed by atoms with van der Waals surface area (Å²) in [6, 6.07) is 23.6. The quantitative estimate of drug-likeness (QED) is 0.510. The predicted molar refractivity (Wildman–Crippen MR) is 134 cm³/mol. The van der Waals surface area contributed by atoms with Gasteiger partial charge in [0.15, 0.2) is 0 Å². The molecule has 0 aliphatic heterocycles. The number of rotatable bonds is 4. The minimum atomic E-state index is -2.07. The van der Waals surface area contributed by atoms with Crippen molar-refractivity contribution in [1.29, 1.82) is 0 Å². The van der Waals surface area contributed by atoms with Gasteiger partial charge in [-0.05, 0) is 47.6 Å². The van der Waals surface area contributed by atoms with Gasteiger partial charge in [-0.1, -0.05) is 132 Å². The molecular weight excluding hydrogens is 388 g/mol. The molecule has 2 saturated carbocycles. The smallest absolute Gasteiger partial charge is 0.0808 e. The van der Waals surface area contributed by atoms with Crippen molar-refractivity contribution in [3.8, 4) is 0 Å². The van der Waals surface area contributed by atoms with Gasteiger partial charge in [0, 0.05) is 0 Å². The van der Waals surface area contributed by atoms with Crippen molar-refractivity contribution in [2.45, 2.75) is 36.8 Å². The summed E-state index contributed by atoms with van der Waals surface area (Å²) >= 11 is 0. The van der Waals surface area contributed by atoms with E-state index in [0.717, 1.165) is 22.9 Å². The molecule has 6 rings (SSSR count). The highest BCUT2D eigenvalue weighted by atomic mass is 28.3. The first-order valence-electron chi connectivity index (χ1n) is 12.2. The second-order valence-electron chi connectivity index (χ2n) is 9.99. The van der Waals surface area contributed by atoms with Crippen molar-refractivity contribution in [2.75, 3.05) is 0 Å². The number of benzene rings is 2. The summed E-state index contributed by atoms with van der Waals surface area (Å²) in [6.07, 6.45) is 24.8. The van der Waals surface area contributed by atoms with Gasteiger partial charge in [0.05, 0.1) is 0 Å². The molecule has 0 aromatic heterocycles. The van der Waals surface area contributed by atoms with Crippen molar-refractivity contribution in [2.24, 2.45) is 23.7 Å². The second-order valence-corrected chi connectivity index (χ2v) is 14.4. The van der Waals surface area contributed by atoms with Gasteiger partial charge in [-0.3, -0.25) is 0 Å². The summed E-state index contributed by atoms with van der Waals surface area (Å²) in [5.41, 5.74) is 1.54. The van der Waals surface area contributed by atoms with E-state index in [1.807, 2.05) is 0 Å². The van der Waals surface area contributed by atoms with Gasteiger partial charge in [0.1, 0.15) is 8.07 Å². The molecule has 0 heterocycles. The fraction of sp³-hybridized carbons (Fsp3) is 0.333. The minimum Gasteiger partial charge on any atom is -0.0808 e. The third-order valence-corrected chi connectivity index (χ3v) is 15.1. The molecule has 2 aromatic carbocycles. The van der Waals surface area contributed by atoms with Crippen LogP contribution in [-0.4, -0.2) is 8.07 Å². The Balaban J connectivity index is 1.59. The lowest BCUT2D eigenvalue weighted by Crippen LogP contribution is -2.66. The molecule has 4 aliphatic rings. The predicted octanol–water partition coefficient (Wildman–Crippen LogP) is 6.29. The Hall–Kier alpha value is -2.38. The average molecular weight is 421 g/mol. The van der Waals surface area contributed by atoms with Crippen LogP contribution in [0.2, 0.25) is 11.1 Å². The summed E-state index contributed by atoms with van der Waals surface area (Å²) in [4.78, 5) is 0. The molecule has 0 radical (unpaired) electrons. The van der Waals surface area contributed by atoms with E-state index in [1.165, 1.54) is 25.7 Å². The molecule has 0 saturated heterocycles. The van der Waals surface area contributed by atoms with Crippen LogP contribution in [0.5, 0.6) is 0 Å². The third-order valence-electron chi connectivity index (χ3n) is 8.82. The highest BCUT2D eigenvalue weighted by molar-refractivity contribution is 7.04. The molecule has 2 fully saturated rings. The summed E-state index contributed by atoms with van der Waals surface area (Å²) < 4.78 is 0. The van der Waals surface area contributed by atoms with Crippen molar-refractivity contribution in [1.82, 2.24) is 0 Å². The molecule has 0 bridgehead atoms. The monoisotopic (exact) mass is 420 g/mol. The highest BCUT2D eigenvalue weighted by Crippen LogP contribution is 2.58. The van der Waals surface area contributed by atoms with E-state index >= 15 is 0 Å². The van der Waals surface area contributed by atoms with E-state index in [-0.39, 0.29) is 0 Å². The van der Waals surface area contributed by atoms with E-state index in [0.29, 0.717) is 11.8 Å². The molecular formula is C30H32Si. The fourth-order valence-corrected chi connectivity index (χ4v) is 15.0. The summed E-state index contributed by atoms with van der Waals surface area (Å²) in [6.45, 7) is 0. The Labute approximate surface area is 188 Å². The van der Waals surface area contributed by atoms with E-state index in [1.54, 1.807) is 10.4 Å². The minimum absolute atomic E-state index is 0.694. The van der Waals surface area contributed by atoms with Gasteiger partial charge >= 0.3 is 0 Å². The van der Waals surface area contributed by atoms with Crippen LogP contribution in [0.4, 0.5) is 0 Å². The number of fused-ring (bicyclic) bond motifs is 2. The first-order valence-corrected chi connectivity index (χ1v) is 14.4. The SMILES string of the molecule is C1=CC2CCC([Si](c3ccccc3)(c3ccccc3)C3CCC4C=CC=CC43)C2C=C1. The Kier molecular flexibility index (Phi) is 4.95. The molecule has 31 heavy (non-hydrogen) atoms. The van der Waals surface area contributed by atoms with Gasteiger partial charge in [-0.15, -0.1) is 0 Å². The molecule has 156 valence electrons. The zero-order chi connectivity index (χ0) is 20.7.